The minimum atomic E-state index is -0.379. The van der Waals surface area contributed by atoms with Gasteiger partial charge in [0.2, 0.25) is 0 Å². The lowest BCUT2D eigenvalue weighted by molar-refractivity contribution is 0.192. The summed E-state index contributed by atoms with van der Waals surface area (Å²) in [6, 6.07) is 0. The topological polar surface area (TPSA) is 99.4 Å². The highest BCUT2D eigenvalue weighted by atomic mass is 79.9. The Kier molecular flexibility index (Phi) is 7.00. The summed E-state index contributed by atoms with van der Waals surface area (Å²) in [6.45, 7) is 3.55. The van der Waals surface area contributed by atoms with Crippen molar-refractivity contribution in [2.24, 2.45) is 0 Å². The van der Waals surface area contributed by atoms with Gasteiger partial charge < -0.3 is 20.8 Å². The normalized spacial score (nSPS) is 12.4. The van der Waals surface area contributed by atoms with E-state index in [2.05, 4.69) is 31.7 Å². The number of anilines is 1. The van der Waals surface area contributed by atoms with E-state index in [0.717, 1.165) is 0 Å². The molecule has 1 atom stereocenters. The van der Waals surface area contributed by atoms with Crippen LogP contribution in [-0.2, 0) is 6.54 Å². The second kappa shape index (κ2) is 8.26. The van der Waals surface area contributed by atoms with Crippen LogP contribution >= 0.6 is 15.9 Å². The van der Waals surface area contributed by atoms with Gasteiger partial charge in [-0.25, -0.2) is 4.68 Å². The Bertz CT molecular complexity index is 450. The van der Waals surface area contributed by atoms with E-state index in [9.17, 15) is 4.79 Å². The molecule has 1 aromatic heterocycles. The molecular formula is C11H19BrN4O3. The minimum absolute atomic E-state index is 0.130. The summed E-state index contributed by atoms with van der Waals surface area (Å²) in [7, 11) is 0. The molecule has 1 heterocycles. The quantitative estimate of drug-likeness (QED) is 0.473. The molecule has 0 spiro atoms. The Morgan fingerprint density at radius 1 is 1.53 bits per heavy atom. The van der Waals surface area contributed by atoms with Crippen LogP contribution in [0.1, 0.15) is 6.92 Å². The van der Waals surface area contributed by atoms with Crippen LogP contribution in [0.3, 0.4) is 0 Å². The highest BCUT2D eigenvalue weighted by Gasteiger charge is 2.07. The van der Waals surface area contributed by atoms with Gasteiger partial charge in [0.25, 0.3) is 5.56 Å². The van der Waals surface area contributed by atoms with Crippen LogP contribution in [0.25, 0.3) is 0 Å². The first kappa shape index (κ1) is 16.1. The lowest BCUT2D eigenvalue weighted by atomic mass is 10.4. The molecule has 0 amide bonds. The standard InChI is InChI=1S/C11H19BrN4O3/c1-8(18)6-13-2-3-14-9-7-15-16(4-5-17)11(19)10(9)12/h7-8,13-14,17-18H,2-6H2,1H3. The van der Waals surface area contributed by atoms with Gasteiger partial charge >= 0.3 is 0 Å². The van der Waals surface area contributed by atoms with Crippen molar-refractivity contribution in [1.82, 2.24) is 15.1 Å². The molecule has 4 N–H and O–H groups in total. The number of hydrogen-bond donors (Lipinski definition) is 4. The molecule has 0 aliphatic rings. The smallest absolute Gasteiger partial charge is 0.283 e. The lowest BCUT2D eigenvalue weighted by Gasteiger charge is -2.11. The van der Waals surface area contributed by atoms with Gasteiger partial charge in [0.1, 0.15) is 4.47 Å². The largest absolute Gasteiger partial charge is 0.394 e. The Hall–Kier alpha value is -0.960. The molecule has 0 radical (unpaired) electrons. The number of aliphatic hydroxyl groups is 2. The zero-order valence-corrected chi connectivity index (χ0v) is 12.4. The number of rotatable bonds is 8. The van der Waals surface area contributed by atoms with Gasteiger partial charge in [-0.05, 0) is 22.9 Å². The third-order valence-corrected chi connectivity index (χ3v) is 3.12. The third kappa shape index (κ3) is 5.27. The van der Waals surface area contributed by atoms with E-state index in [1.54, 1.807) is 6.92 Å². The number of nitrogens with one attached hydrogen (secondary N) is 2. The molecule has 0 saturated heterocycles. The highest BCUT2D eigenvalue weighted by Crippen LogP contribution is 2.15. The Balaban J connectivity index is 2.51. The summed E-state index contributed by atoms with van der Waals surface area (Å²) in [6.07, 6.45) is 1.16. The first-order valence-corrected chi connectivity index (χ1v) is 6.84. The van der Waals surface area contributed by atoms with Crippen LogP contribution in [0.15, 0.2) is 15.5 Å². The van der Waals surface area contributed by atoms with Crippen molar-refractivity contribution in [3.05, 3.63) is 21.0 Å². The molecule has 0 fully saturated rings. The Labute approximate surface area is 119 Å². The lowest BCUT2D eigenvalue weighted by Crippen LogP contribution is -2.30. The zero-order valence-electron chi connectivity index (χ0n) is 10.8. The van der Waals surface area contributed by atoms with Gasteiger partial charge in [-0.15, -0.1) is 0 Å². The van der Waals surface area contributed by atoms with E-state index in [4.69, 9.17) is 10.2 Å². The fourth-order valence-corrected chi connectivity index (χ4v) is 1.89. The summed E-state index contributed by atoms with van der Waals surface area (Å²) in [5.41, 5.74) is 0.328. The molecule has 0 aliphatic carbocycles. The molecule has 1 aromatic rings. The van der Waals surface area contributed by atoms with Crippen LogP contribution < -0.4 is 16.2 Å². The Morgan fingerprint density at radius 2 is 2.26 bits per heavy atom. The number of hydrogen-bond acceptors (Lipinski definition) is 6. The van der Waals surface area contributed by atoms with E-state index < -0.39 is 0 Å². The number of aromatic nitrogens is 2. The van der Waals surface area contributed by atoms with Crippen LogP contribution in [0.2, 0.25) is 0 Å². The number of nitrogens with zero attached hydrogens (tertiary/aromatic N) is 2. The minimum Gasteiger partial charge on any atom is -0.394 e. The first-order chi connectivity index (χ1) is 9.06. The summed E-state index contributed by atoms with van der Waals surface area (Å²) in [5.74, 6) is 0. The average molecular weight is 335 g/mol. The highest BCUT2D eigenvalue weighted by molar-refractivity contribution is 9.10. The van der Waals surface area contributed by atoms with Crippen molar-refractivity contribution in [1.29, 1.82) is 0 Å². The van der Waals surface area contributed by atoms with E-state index in [1.165, 1.54) is 10.9 Å². The number of aliphatic hydroxyl groups excluding tert-OH is 2. The fraction of sp³-hybridized carbons (Fsp3) is 0.636. The van der Waals surface area contributed by atoms with Gasteiger partial charge in [-0.1, -0.05) is 0 Å². The predicted octanol–water partition coefficient (Wildman–Crippen LogP) is -0.620. The van der Waals surface area contributed by atoms with Gasteiger partial charge in [0.05, 0.1) is 31.1 Å². The van der Waals surface area contributed by atoms with Crippen LogP contribution in [0.4, 0.5) is 5.69 Å². The van der Waals surface area contributed by atoms with Crippen molar-refractivity contribution >= 4 is 21.6 Å². The van der Waals surface area contributed by atoms with Crippen molar-refractivity contribution in [3.8, 4) is 0 Å². The van der Waals surface area contributed by atoms with Crippen LogP contribution in [-0.4, -0.2) is 52.3 Å². The van der Waals surface area contributed by atoms with Gasteiger partial charge in [-0.3, -0.25) is 4.79 Å². The number of halogens is 1. The first-order valence-electron chi connectivity index (χ1n) is 6.05. The maximum Gasteiger partial charge on any atom is 0.283 e. The maximum atomic E-state index is 11.8. The zero-order chi connectivity index (χ0) is 14.3. The molecule has 0 aromatic carbocycles. The van der Waals surface area contributed by atoms with Crippen molar-refractivity contribution in [2.75, 3.05) is 31.6 Å². The van der Waals surface area contributed by atoms with Crippen LogP contribution in [0.5, 0.6) is 0 Å². The second-order valence-corrected chi connectivity index (χ2v) is 4.90. The summed E-state index contributed by atoms with van der Waals surface area (Å²) < 4.78 is 1.59. The summed E-state index contributed by atoms with van der Waals surface area (Å²) >= 11 is 3.22. The molecule has 8 heteroatoms. The van der Waals surface area contributed by atoms with E-state index >= 15 is 0 Å². The van der Waals surface area contributed by atoms with Gasteiger partial charge in [0, 0.05) is 19.6 Å². The maximum absolute atomic E-state index is 11.8. The predicted molar refractivity (Wildman–Crippen MR) is 76.3 cm³/mol. The summed E-state index contributed by atoms with van der Waals surface area (Å²) in [4.78, 5) is 11.8. The monoisotopic (exact) mass is 334 g/mol. The van der Waals surface area contributed by atoms with Crippen molar-refractivity contribution in [3.63, 3.8) is 0 Å². The van der Waals surface area contributed by atoms with Crippen molar-refractivity contribution in [2.45, 2.75) is 19.6 Å². The second-order valence-electron chi connectivity index (χ2n) is 4.10. The molecule has 7 nitrogen and oxygen atoms in total. The molecule has 19 heavy (non-hydrogen) atoms. The molecule has 108 valence electrons. The van der Waals surface area contributed by atoms with E-state index in [-0.39, 0.29) is 24.8 Å². The van der Waals surface area contributed by atoms with Gasteiger partial charge in [-0.2, -0.15) is 5.10 Å². The molecule has 0 aliphatic heterocycles. The molecule has 1 rings (SSSR count). The SMILES string of the molecule is CC(O)CNCCNc1cnn(CCO)c(=O)c1Br. The third-order valence-electron chi connectivity index (χ3n) is 2.35. The van der Waals surface area contributed by atoms with Crippen LogP contribution in [0, 0.1) is 0 Å². The molecule has 0 bridgehead atoms. The van der Waals surface area contributed by atoms with E-state index in [0.29, 0.717) is 29.8 Å². The molecule has 1 unspecified atom stereocenters. The van der Waals surface area contributed by atoms with E-state index in [1.807, 2.05) is 0 Å². The fourth-order valence-electron chi connectivity index (χ4n) is 1.44. The Morgan fingerprint density at radius 3 is 2.89 bits per heavy atom. The average Bonchev–Trinajstić information content (AvgIpc) is 2.37. The summed E-state index contributed by atoms with van der Waals surface area (Å²) in [5, 5.41) is 27.9. The van der Waals surface area contributed by atoms with Crippen molar-refractivity contribution < 1.29 is 10.2 Å². The molecule has 0 saturated carbocycles. The molecular weight excluding hydrogens is 316 g/mol. The van der Waals surface area contributed by atoms with Gasteiger partial charge in [0.15, 0.2) is 0 Å².